The Labute approximate surface area is 138 Å². The van der Waals surface area contributed by atoms with Gasteiger partial charge in [0.25, 0.3) is 5.91 Å². The van der Waals surface area contributed by atoms with Crippen molar-refractivity contribution in [2.75, 3.05) is 5.32 Å². The number of carbonyl (C=O) groups is 2. The highest BCUT2D eigenvalue weighted by atomic mass is 19.1. The number of amides is 1. The fraction of sp³-hybridized carbons (Fsp3) is 0.158. The molecule has 0 bridgehead atoms. The highest BCUT2D eigenvalue weighted by Gasteiger charge is 2.18. The summed E-state index contributed by atoms with van der Waals surface area (Å²) in [6.45, 7) is 0. The molecule has 24 heavy (non-hydrogen) atoms. The van der Waals surface area contributed by atoms with E-state index in [1.807, 2.05) is 0 Å². The van der Waals surface area contributed by atoms with Crippen molar-refractivity contribution in [3.8, 4) is 0 Å². The molecule has 0 radical (unpaired) electrons. The highest BCUT2D eigenvalue weighted by molar-refractivity contribution is 6.04. The second-order valence-electron chi connectivity index (χ2n) is 5.60. The standard InChI is InChI=1S/C19H15F2NO2/c20-16-5-2-6-17(21)18(16)19(24)22-14-9-7-12(8-10-14)15-4-1-3-13(15)11-23/h2,5-11H,1,3-4H2,(H,22,24). The Morgan fingerprint density at radius 1 is 1.00 bits per heavy atom. The molecule has 0 aliphatic heterocycles. The minimum atomic E-state index is -0.907. The van der Waals surface area contributed by atoms with Gasteiger partial charge in [0, 0.05) is 5.69 Å². The summed E-state index contributed by atoms with van der Waals surface area (Å²) in [6.07, 6.45) is 3.47. The number of aldehydes is 1. The predicted octanol–water partition coefficient (Wildman–Crippen LogP) is 4.35. The van der Waals surface area contributed by atoms with Crippen LogP contribution in [-0.4, -0.2) is 12.2 Å². The topological polar surface area (TPSA) is 46.2 Å². The van der Waals surface area contributed by atoms with Crippen molar-refractivity contribution in [2.24, 2.45) is 0 Å². The fourth-order valence-corrected chi connectivity index (χ4v) is 2.89. The Bertz CT molecular complexity index is 806. The van der Waals surface area contributed by atoms with Gasteiger partial charge in [0.05, 0.1) is 0 Å². The van der Waals surface area contributed by atoms with Gasteiger partial charge in [-0.3, -0.25) is 9.59 Å². The zero-order chi connectivity index (χ0) is 17.1. The van der Waals surface area contributed by atoms with Gasteiger partial charge in [0.1, 0.15) is 23.5 Å². The summed E-state index contributed by atoms with van der Waals surface area (Å²) in [5, 5.41) is 2.48. The maximum absolute atomic E-state index is 13.6. The van der Waals surface area contributed by atoms with Gasteiger partial charge in [-0.05, 0) is 60.2 Å². The van der Waals surface area contributed by atoms with Crippen LogP contribution in [0.2, 0.25) is 0 Å². The van der Waals surface area contributed by atoms with E-state index in [1.54, 1.807) is 24.3 Å². The van der Waals surface area contributed by atoms with Crippen LogP contribution < -0.4 is 5.32 Å². The Morgan fingerprint density at radius 3 is 2.29 bits per heavy atom. The molecule has 0 heterocycles. The summed E-state index contributed by atoms with van der Waals surface area (Å²) in [5.74, 6) is -2.65. The predicted molar refractivity (Wildman–Crippen MR) is 87.6 cm³/mol. The molecule has 0 saturated carbocycles. The smallest absolute Gasteiger partial charge is 0.261 e. The molecule has 5 heteroatoms. The monoisotopic (exact) mass is 327 g/mol. The first-order valence-electron chi connectivity index (χ1n) is 7.63. The zero-order valence-electron chi connectivity index (χ0n) is 12.8. The zero-order valence-corrected chi connectivity index (χ0v) is 12.8. The van der Waals surface area contributed by atoms with E-state index < -0.39 is 23.1 Å². The first kappa shape index (κ1) is 16.1. The average Bonchev–Trinajstić information content (AvgIpc) is 3.04. The van der Waals surface area contributed by atoms with Crippen molar-refractivity contribution in [1.82, 2.24) is 0 Å². The lowest BCUT2D eigenvalue weighted by molar-refractivity contribution is -0.104. The van der Waals surface area contributed by atoms with Crippen LogP contribution in [0, 0.1) is 11.6 Å². The van der Waals surface area contributed by atoms with Crippen molar-refractivity contribution >= 4 is 23.5 Å². The molecule has 0 saturated heterocycles. The Kier molecular flexibility index (Phi) is 4.51. The van der Waals surface area contributed by atoms with Crippen molar-refractivity contribution in [3.05, 3.63) is 70.8 Å². The molecule has 1 aliphatic carbocycles. The van der Waals surface area contributed by atoms with Crippen LogP contribution in [0.3, 0.4) is 0 Å². The minimum absolute atomic E-state index is 0.428. The van der Waals surface area contributed by atoms with E-state index in [4.69, 9.17) is 0 Å². The summed E-state index contributed by atoms with van der Waals surface area (Å²) in [6, 6.07) is 10.2. The molecular weight excluding hydrogens is 312 g/mol. The molecule has 122 valence electrons. The third-order valence-electron chi connectivity index (χ3n) is 4.08. The van der Waals surface area contributed by atoms with Gasteiger partial charge in [0.15, 0.2) is 0 Å². The number of rotatable bonds is 4. The summed E-state index contributed by atoms with van der Waals surface area (Å²) in [7, 11) is 0. The maximum Gasteiger partial charge on any atom is 0.261 e. The van der Waals surface area contributed by atoms with E-state index in [1.165, 1.54) is 6.07 Å². The molecule has 0 atom stereocenters. The van der Waals surface area contributed by atoms with E-state index in [2.05, 4.69) is 5.32 Å². The number of allylic oxidation sites excluding steroid dienone is 2. The molecule has 0 unspecified atom stereocenters. The van der Waals surface area contributed by atoms with E-state index in [9.17, 15) is 18.4 Å². The fourth-order valence-electron chi connectivity index (χ4n) is 2.89. The normalized spacial score (nSPS) is 13.9. The molecule has 0 aromatic heterocycles. The van der Waals surface area contributed by atoms with Gasteiger partial charge in [-0.25, -0.2) is 8.78 Å². The summed E-state index contributed by atoms with van der Waals surface area (Å²) < 4.78 is 27.2. The van der Waals surface area contributed by atoms with E-state index >= 15 is 0 Å². The van der Waals surface area contributed by atoms with Gasteiger partial charge >= 0.3 is 0 Å². The molecule has 2 aromatic rings. The lowest BCUT2D eigenvalue weighted by Crippen LogP contribution is -2.15. The van der Waals surface area contributed by atoms with Crippen molar-refractivity contribution in [1.29, 1.82) is 0 Å². The second-order valence-corrected chi connectivity index (χ2v) is 5.60. The van der Waals surface area contributed by atoms with Gasteiger partial charge in [-0.15, -0.1) is 0 Å². The Balaban J connectivity index is 1.80. The Morgan fingerprint density at radius 2 is 1.67 bits per heavy atom. The van der Waals surface area contributed by atoms with Crippen LogP contribution >= 0.6 is 0 Å². The van der Waals surface area contributed by atoms with Gasteiger partial charge in [0.2, 0.25) is 0 Å². The van der Waals surface area contributed by atoms with Crippen LogP contribution in [0.5, 0.6) is 0 Å². The first-order valence-corrected chi connectivity index (χ1v) is 7.63. The summed E-state index contributed by atoms with van der Waals surface area (Å²) in [4.78, 5) is 23.1. The third kappa shape index (κ3) is 3.11. The SMILES string of the molecule is O=CC1=C(c2ccc(NC(=O)c3c(F)cccc3F)cc2)CCC1. The molecule has 1 N–H and O–H groups in total. The van der Waals surface area contributed by atoms with E-state index in [0.29, 0.717) is 5.69 Å². The molecule has 0 fully saturated rings. The van der Waals surface area contributed by atoms with Crippen LogP contribution in [0.1, 0.15) is 35.2 Å². The number of nitrogens with one attached hydrogen (secondary N) is 1. The lowest BCUT2D eigenvalue weighted by Gasteiger charge is -2.09. The molecular formula is C19H15F2NO2. The lowest BCUT2D eigenvalue weighted by atomic mass is 10.0. The first-order chi connectivity index (χ1) is 11.6. The molecule has 3 rings (SSSR count). The highest BCUT2D eigenvalue weighted by Crippen LogP contribution is 2.33. The number of anilines is 1. The van der Waals surface area contributed by atoms with E-state index in [0.717, 1.165) is 54.4 Å². The molecule has 1 amide bonds. The van der Waals surface area contributed by atoms with Gasteiger partial charge in [-0.2, -0.15) is 0 Å². The average molecular weight is 327 g/mol. The van der Waals surface area contributed by atoms with Gasteiger partial charge in [-0.1, -0.05) is 18.2 Å². The number of hydrogen-bond acceptors (Lipinski definition) is 2. The Hall–Kier alpha value is -2.82. The minimum Gasteiger partial charge on any atom is -0.322 e. The largest absolute Gasteiger partial charge is 0.322 e. The van der Waals surface area contributed by atoms with Crippen LogP contribution in [-0.2, 0) is 4.79 Å². The van der Waals surface area contributed by atoms with Gasteiger partial charge < -0.3 is 5.32 Å². The number of carbonyl (C=O) groups excluding carboxylic acids is 2. The second kappa shape index (κ2) is 6.74. The van der Waals surface area contributed by atoms with Crippen LogP contribution in [0.4, 0.5) is 14.5 Å². The maximum atomic E-state index is 13.6. The quantitative estimate of drug-likeness (QED) is 0.849. The molecule has 1 aliphatic rings. The van der Waals surface area contributed by atoms with Crippen molar-refractivity contribution in [2.45, 2.75) is 19.3 Å². The van der Waals surface area contributed by atoms with E-state index in [-0.39, 0.29) is 0 Å². The third-order valence-corrected chi connectivity index (χ3v) is 4.08. The number of benzene rings is 2. The summed E-state index contributed by atoms with van der Waals surface area (Å²) >= 11 is 0. The molecule has 0 spiro atoms. The van der Waals surface area contributed by atoms with Crippen LogP contribution in [0.15, 0.2) is 48.0 Å². The molecule has 3 nitrogen and oxygen atoms in total. The van der Waals surface area contributed by atoms with Crippen molar-refractivity contribution in [3.63, 3.8) is 0 Å². The number of halogens is 2. The number of hydrogen-bond donors (Lipinski definition) is 1. The summed E-state index contributed by atoms with van der Waals surface area (Å²) in [5.41, 5.74) is 2.56. The molecule has 2 aromatic carbocycles. The van der Waals surface area contributed by atoms with Crippen molar-refractivity contribution < 1.29 is 18.4 Å². The van der Waals surface area contributed by atoms with Crippen LogP contribution in [0.25, 0.3) is 5.57 Å².